The van der Waals surface area contributed by atoms with Gasteiger partial charge in [-0.15, -0.1) is 0 Å². The summed E-state index contributed by atoms with van der Waals surface area (Å²) >= 11 is 0. The Labute approximate surface area is 110 Å². The molecule has 0 radical (unpaired) electrons. The van der Waals surface area contributed by atoms with E-state index in [1.807, 2.05) is 41.5 Å². The van der Waals surface area contributed by atoms with Gasteiger partial charge in [-0.2, -0.15) is 0 Å². The van der Waals surface area contributed by atoms with E-state index in [0.717, 1.165) is 0 Å². The molecule has 1 N–H and O–H groups in total. The number of carbonyl (C=O) groups excluding carboxylic acids is 2. The molecule has 106 valence electrons. The molecule has 0 fully saturated rings. The second-order valence-corrected chi connectivity index (χ2v) is 6.27. The first kappa shape index (κ1) is 16.7. The molecule has 18 heavy (non-hydrogen) atoms. The molecule has 0 aliphatic carbocycles. The normalized spacial score (nSPS) is 11.9. The third-order valence-electron chi connectivity index (χ3n) is 2.19. The van der Waals surface area contributed by atoms with Crippen molar-refractivity contribution in [2.45, 2.75) is 59.6 Å². The number of nitrogens with zero attached hydrogens (tertiary/aromatic N) is 1. The van der Waals surface area contributed by atoms with Gasteiger partial charge < -0.3 is 15.0 Å². The highest BCUT2D eigenvalue weighted by Gasteiger charge is 2.23. The number of carbonyl (C=O) groups is 2. The molecule has 0 spiro atoms. The van der Waals surface area contributed by atoms with Crippen molar-refractivity contribution < 1.29 is 14.3 Å². The second kappa shape index (κ2) is 6.07. The molecule has 0 rings (SSSR count). The van der Waals surface area contributed by atoms with E-state index < -0.39 is 11.7 Å². The number of hydrogen-bond donors (Lipinski definition) is 1. The summed E-state index contributed by atoms with van der Waals surface area (Å²) in [4.78, 5) is 24.6. The Morgan fingerprint density at radius 2 is 1.61 bits per heavy atom. The highest BCUT2D eigenvalue weighted by atomic mass is 16.6. The van der Waals surface area contributed by atoms with E-state index in [0.29, 0.717) is 13.1 Å². The number of rotatable bonds is 3. The van der Waals surface area contributed by atoms with Crippen LogP contribution >= 0.6 is 0 Å². The van der Waals surface area contributed by atoms with E-state index in [1.165, 1.54) is 6.92 Å². The predicted molar refractivity (Wildman–Crippen MR) is 71.4 cm³/mol. The standard InChI is InChI=1S/C13H26N2O3/c1-10(16)15(12(2,3)4)9-8-14-11(17)18-13(5,6)7/h8-9H2,1-7H3,(H,14,17). The fraction of sp³-hybridized carbons (Fsp3) is 0.846. The van der Waals surface area contributed by atoms with Crippen LogP contribution in [0.4, 0.5) is 4.79 Å². The molecule has 0 unspecified atom stereocenters. The molecule has 0 aromatic heterocycles. The van der Waals surface area contributed by atoms with Crippen LogP contribution in [0, 0.1) is 0 Å². The van der Waals surface area contributed by atoms with Gasteiger partial charge in [0.25, 0.3) is 0 Å². The number of ether oxygens (including phenoxy) is 1. The summed E-state index contributed by atoms with van der Waals surface area (Å²) in [6.45, 7) is 13.7. The minimum atomic E-state index is -0.506. The van der Waals surface area contributed by atoms with Gasteiger partial charge in [0.1, 0.15) is 5.60 Å². The van der Waals surface area contributed by atoms with Crippen LogP contribution < -0.4 is 5.32 Å². The molecular formula is C13H26N2O3. The topological polar surface area (TPSA) is 58.6 Å². The molecule has 5 heteroatoms. The first-order chi connectivity index (χ1) is 7.93. The summed E-state index contributed by atoms with van der Waals surface area (Å²) < 4.78 is 5.11. The number of hydrogen-bond acceptors (Lipinski definition) is 3. The van der Waals surface area contributed by atoms with Gasteiger partial charge in [0.15, 0.2) is 0 Å². The van der Waals surface area contributed by atoms with Gasteiger partial charge in [-0.05, 0) is 41.5 Å². The van der Waals surface area contributed by atoms with E-state index in [-0.39, 0.29) is 11.4 Å². The van der Waals surface area contributed by atoms with E-state index in [9.17, 15) is 9.59 Å². The quantitative estimate of drug-likeness (QED) is 0.844. The van der Waals surface area contributed by atoms with Crippen molar-refractivity contribution in [1.29, 1.82) is 0 Å². The maximum absolute atomic E-state index is 11.5. The molecular weight excluding hydrogens is 232 g/mol. The van der Waals surface area contributed by atoms with Crippen molar-refractivity contribution in [2.24, 2.45) is 0 Å². The lowest BCUT2D eigenvalue weighted by atomic mass is 10.1. The molecule has 0 heterocycles. The van der Waals surface area contributed by atoms with E-state index in [2.05, 4.69) is 5.32 Å². The van der Waals surface area contributed by atoms with Crippen LogP contribution in [0.15, 0.2) is 0 Å². The highest BCUT2D eigenvalue weighted by Crippen LogP contribution is 2.12. The maximum atomic E-state index is 11.5. The van der Waals surface area contributed by atoms with Crippen molar-refractivity contribution in [2.75, 3.05) is 13.1 Å². The molecule has 2 amide bonds. The second-order valence-electron chi connectivity index (χ2n) is 6.27. The van der Waals surface area contributed by atoms with Gasteiger partial charge >= 0.3 is 6.09 Å². The van der Waals surface area contributed by atoms with Crippen LogP contribution in [0.2, 0.25) is 0 Å². The van der Waals surface area contributed by atoms with Gasteiger partial charge in [-0.1, -0.05) is 0 Å². The first-order valence-corrected chi connectivity index (χ1v) is 6.18. The summed E-state index contributed by atoms with van der Waals surface area (Å²) in [5, 5.41) is 2.64. The lowest BCUT2D eigenvalue weighted by molar-refractivity contribution is -0.133. The van der Waals surface area contributed by atoms with Crippen LogP contribution in [0.3, 0.4) is 0 Å². The van der Waals surface area contributed by atoms with Gasteiger partial charge in [-0.3, -0.25) is 4.79 Å². The Kier molecular flexibility index (Phi) is 5.64. The summed E-state index contributed by atoms with van der Waals surface area (Å²) in [7, 11) is 0. The summed E-state index contributed by atoms with van der Waals surface area (Å²) in [5.74, 6) is -0.00603. The number of alkyl carbamates (subject to hydrolysis) is 1. The Bertz CT molecular complexity index is 300. The van der Waals surface area contributed by atoms with Crippen LogP contribution in [0.1, 0.15) is 48.5 Å². The zero-order valence-corrected chi connectivity index (χ0v) is 12.6. The average molecular weight is 258 g/mol. The molecule has 0 saturated heterocycles. The minimum Gasteiger partial charge on any atom is -0.444 e. The van der Waals surface area contributed by atoms with Crippen LogP contribution in [-0.2, 0) is 9.53 Å². The lowest BCUT2D eigenvalue weighted by Crippen LogP contribution is -2.48. The first-order valence-electron chi connectivity index (χ1n) is 6.18. The van der Waals surface area contributed by atoms with Crippen molar-refractivity contribution in [3.63, 3.8) is 0 Å². The molecule has 0 aromatic rings. The molecule has 0 atom stereocenters. The molecule has 0 bridgehead atoms. The zero-order valence-electron chi connectivity index (χ0n) is 12.6. The maximum Gasteiger partial charge on any atom is 0.407 e. The van der Waals surface area contributed by atoms with Crippen molar-refractivity contribution in [1.82, 2.24) is 10.2 Å². The summed E-state index contributed by atoms with van der Waals surface area (Å²) in [6.07, 6.45) is -0.458. The third kappa shape index (κ3) is 7.14. The van der Waals surface area contributed by atoms with Crippen LogP contribution in [0.5, 0.6) is 0 Å². The Balaban J connectivity index is 4.17. The average Bonchev–Trinajstić information content (AvgIpc) is 2.06. The van der Waals surface area contributed by atoms with Crippen molar-refractivity contribution >= 4 is 12.0 Å². The molecule has 0 aliphatic rings. The van der Waals surface area contributed by atoms with Gasteiger partial charge in [0, 0.05) is 25.6 Å². The zero-order chi connectivity index (χ0) is 14.6. The van der Waals surface area contributed by atoms with Crippen LogP contribution in [-0.4, -0.2) is 41.1 Å². The Hall–Kier alpha value is -1.26. The summed E-state index contributed by atoms with van der Waals surface area (Å²) in [6, 6.07) is 0. The van der Waals surface area contributed by atoms with Crippen LogP contribution in [0.25, 0.3) is 0 Å². The van der Waals surface area contributed by atoms with Gasteiger partial charge in [-0.25, -0.2) is 4.79 Å². The van der Waals surface area contributed by atoms with Gasteiger partial charge in [0.2, 0.25) is 5.91 Å². The Morgan fingerprint density at radius 3 is 1.94 bits per heavy atom. The summed E-state index contributed by atoms with van der Waals surface area (Å²) in [5.41, 5.74) is -0.754. The molecule has 0 saturated carbocycles. The monoisotopic (exact) mass is 258 g/mol. The number of amides is 2. The van der Waals surface area contributed by atoms with Crippen molar-refractivity contribution in [3.05, 3.63) is 0 Å². The SMILES string of the molecule is CC(=O)N(CCNC(=O)OC(C)(C)C)C(C)(C)C. The Morgan fingerprint density at radius 1 is 1.11 bits per heavy atom. The predicted octanol–water partition coefficient (Wildman–Crippen LogP) is 2.16. The van der Waals surface area contributed by atoms with Gasteiger partial charge in [0.05, 0.1) is 0 Å². The largest absolute Gasteiger partial charge is 0.444 e. The number of nitrogens with one attached hydrogen (secondary N) is 1. The minimum absolute atomic E-state index is 0.00603. The third-order valence-corrected chi connectivity index (χ3v) is 2.19. The fourth-order valence-corrected chi connectivity index (χ4v) is 1.55. The fourth-order valence-electron chi connectivity index (χ4n) is 1.55. The molecule has 0 aromatic carbocycles. The van der Waals surface area contributed by atoms with E-state index in [4.69, 9.17) is 4.74 Å². The van der Waals surface area contributed by atoms with E-state index in [1.54, 1.807) is 4.90 Å². The van der Waals surface area contributed by atoms with Crippen molar-refractivity contribution in [3.8, 4) is 0 Å². The smallest absolute Gasteiger partial charge is 0.407 e. The molecule has 0 aliphatic heterocycles. The lowest BCUT2D eigenvalue weighted by Gasteiger charge is -2.35. The highest BCUT2D eigenvalue weighted by molar-refractivity contribution is 5.74. The van der Waals surface area contributed by atoms with E-state index >= 15 is 0 Å². The molecule has 5 nitrogen and oxygen atoms in total.